The molecule has 1 aliphatic heterocycles. The molecule has 4 heterocycles. The van der Waals surface area contributed by atoms with Crippen molar-refractivity contribution in [3.05, 3.63) is 77.3 Å². The van der Waals surface area contributed by atoms with Crippen molar-refractivity contribution in [3.8, 4) is 5.75 Å². The number of nitrogens with zero attached hydrogens (tertiary/aromatic N) is 5. The summed E-state index contributed by atoms with van der Waals surface area (Å²) in [4.78, 5) is 27.1. The molecule has 0 radical (unpaired) electrons. The number of hydrogen-bond donors (Lipinski definition) is 2. The summed E-state index contributed by atoms with van der Waals surface area (Å²) in [6.45, 7) is 2.78. The topological polar surface area (TPSA) is 99.4 Å². The van der Waals surface area contributed by atoms with Crippen LogP contribution in [-0.4, -0.2) is 47.0 Å². The molecule has 3 aromatic heterocycles. The summed E-state index contributed by atoms with van der Waals surface area (Å²) in [7, 11) is 0. The van der Waals surface area contributed by atoms with Crippen molar-refractivity contribution in [3.63, 3.8) is 0 Å². The lowest BCUT2D eigenvalue weighted by atomic mass is 9.90. The highest BCUT2D eigenvalue weighted by atomic mass is 16.3. The number of phenols is 1. The molecule has 0 bridgehead atoms. The van der Waals surface area contributed by atoms with Crippen LogP contribution in [0.5, 0.6) is 5.75 Å². The molecular formula is C20H18N6O2. The highest BCUT2D eigenvalue weighted by Crippen LogP contribution is 2.33. The van der Waals surface area contributed by atoms with Gasteiger partial charge in [-0.1, -0.05) is 12.1 Å². The van der Waals surface area contributed by atoms with Crippen LogP contribution < -0.4 is 0 Å². The van der Waals surface area contributed by atoms with Gasteiger partial charge in [-0.25, -0.2) is 14.5 Å². The molecular weight excluding hydrogens is 356 g/mol. The molecule has 1 aliphatic rings. The number of benzene rings is 1. The van der Waals surface area contributed by atoms with Crippen LogP contribution in [0.3, 0.4) is 0 Å². The summed E-state index contributed by atoms with van der Waals surface area (Å²) in [5, 5.41) is 14.1. The van der Waals surface area contributed by atoms with E-state index in [2.05, 4.69) is 20.1 Å². The molecule has 0 saturated carbocycles. The number of carbonyl (C=O) groups excluding carboxylic acids is 1. The number of aromatic amines is 1. The van der Waals surface area contributed by atoms with Crippen molar-refractivity contribution in [2.45, 2.75) is 19.4 Å². The summed E-state index contributed by atoms with van der Waals surface area (Å²) in [5.41, 5.74) is 4.72. The Morgan fingerprint density at radius 1 is 1.29 bits per heavy atom. The minimum absolute atomic E-state index is 0.104. The number of amides is 1. The first-order valence-corrected chi connectivity index (χ1v) is 9.01. The average molecular weight is 374 g/mol. The molecule has 8 nitrogen and oxygen atoms in total. The van der Waals surface area contributed by atoms with Gasteiger partial charge in [0.15, 0.2) is 5.65 Å². The molecule has 5 rings (SSSR count). The van der Waals surface area contributed by atoms with Gasteiger partial charge in [0.2, 0.25) is 0 Å². The molecule has 0 spiro atoms. The number of aromatic nitrogens is 5. The lowest BCUT2D eigenvalue weighted by Crippen LogP contribution is -2.39. The Kier molecular flexibility index (Phi) is 3.65. The van der Waals surface area contributed by atoms with Gasteiger partial charge in [-0.15, -0.1) is 0 Å². The first kappa shape index (κ1) is 16.5. The Hall–Kier alpha value is -3.68. The maximum atomic E-state index is 13.3. The smallest absolute Gasteiger partial charge is 0.257 e. The van der Waals surface area contributed by atoms with Crippen LogP contribution in [0.25, 0.3) is 5.65 Å². The fourth-order valence-corrected chi connectivity index (χ4v) is 3.85. The number of hydrogen-bond acceptors (Lipinski definition) is 5. The zero-order chi connectivity index (χ0) is 19.3. The average Bonchev–Trinajstić information content (AvgIpc) is 3.36. The molecule has 0 fully saturated rings. The maximum absolute atomic E-state index is 13.3. The van der Waals surface area contributed by atoms with Crippen molar-refractivity contribution in [2.75, 3.05) is 6.54 Å². The number of rotatable bonds is 2. The predicted molar refractivity (Wildman–Crippen MR) is 101 cm³/mol. The fourth-order valence-electron chi connectivity index (χ4n) is 3.85. The first-order chi connectivity index (χ1) is 13.6. The van der Waals surface area contributed by atoms with E-state index >= 15 is 0 Å². The second kappa shape index (κ2) is 6.19. The minimum Gasteiger partial charge on any atom is -0.508 e. The second-order valence-corrected chi connectivity index (χ2v) is 6.96. The van der Waals surface area contributed by atoms with Crippen LogP contribution in [0.4, 0.5) is 0 Å². The molecule has 1 amide bonds. The normalized spacial score (nSPS) is 16.3. The number of nitrogens with one attached hydrogen (secondary N) is 1. The molecule has 4 aromatic rings. The summed E-state index contributed by atoms with van der Waals surface area (Å²) >= 11 is 0. The third-order valence-electron chi connectivity index (χ3n) is 5.28. The summed E-state index contributed by atoms with van der Waals surface area (Å²) in [6, 6.07) is 8.91. The van der Waals surface area contributed by atoms with Crippen molar-refractivity contribution >= 4 is 11.6 Å². The van der Waals surface area contributed by atoms with Crippen molar-refractivity contribution < 1.29 is 9.90 Å². The van der Waals surface area contributed by atoms with Crippen molar-refractivity contribution in [1.82, 2.24) is 29.5 Å². The number of aromatic hydroxyl groups is 1. The van der Waals surface area contributed by atoms with E-state index in [0.717, 1.165) is 22.6 Å². The van der Waals surface area contributed by atoms with E-state index < -0.39 is 0 Å². The van der Waals surface area contributed by atoms with Crippen molar-refractivity contribution in [2.24, 2.45) is 0 Å². The van der Waals surface area contributed by atoms with Gasteiger partial charge in [-0.2, -0.15) is 5.10 Å². The largest absolute Gasteiger partial charge is 0.508 e. The van der Waals surface area contributed by atoms with E-state index in [1.807, 2.05) is 13.0 Å². The molecule has 1 aromatic carbocycles. The Labute approximate surface area is 160 Å². The van der Waals surface area contributed by atoms with E-state index in [0.29, 0.717) is 24.3 Å². The zero-order valence-corrected chi connectivity index (χ0v) is 15.2. The third kappa shape index (κ3) is 2.53. The van der Waals surface area contributed by atoms with E-state index in [9.17, 15) is 9.90 Å². The van der Waals surface area contributed by atoms with Gasteiger partial charge in [-0.3, -0.25) is 4.79 Å². The van der Waals surface area contributed by atoms with Gasteiger partial charge in [0.05, 0.1) is 41.7 Å². The molecule has 1 unspecified atom stereocenters. The highest BCUT2D eigenvalue weighted by molar-refractivity contribution is 5.95. The van der Waals surface area contributed by atoms with Crippen LogP contribution in [0.1, 0.15) is 38.9 Å². The fraction of sp³-hybridized carbons (Fsp3) is 0.200. The van der Waals surface area contributed by atoms with Gasteiger partial charge in [0.1, 0.15) is 5.75 Å². The molecule has 8 heteroatoms. The number of phenolic OH excluding ortho intramolecular Hbond substituents is 1. The molecule has 140 valence electrons. The van der Waals surface area contributed by atoms with Gasteiger partial charge in [0, 0.05) is 24.7 Å². The van der Waals surface area contributed by atoms with Crippen LogP contribution in [0.15, 0.2) is 49.1 Å². The monoisotopic (exact) mass is 374 g/mol. The van der Waals surface area contributed by atoms with Crippen LogP contribution >= 0.6 is 0 Å². The number of fused-ring (bicyclic) bond motifs is 2. The standard InChI is InChI=1S/C20H18N6O2/c1-12-15(8-21-18-5-6-24-26(12)18)20(28)25-9-16(13-3-2-4-14(27)7-13)19-17(10-25)22-11-23-19/h2-8,11,16,27H,9-10H2,1H3,(H,22,23). The zero-order valence-electron chi connectivity index (χ0n) is 15.2. The van der Waals surface area contributed by atoms with Crippen LogP contribution in [0.2, 0.25) is 0 Å². The molecule has 0 aliphatic carbocycles. The number of imidazole rings is 1. The molecule has 1 atom stereocenters. The summed E-state index contributed by atoms with van der Waals surface area (Å²) in [5.74, 6) is -0.0252. The van der Waals surface area contributed by atoms with Gasteiger partial charge in [0.25, 0.3) is 5.91 Å². The van der Waals surface area contributed by atoms with E-state index in [1.165, 1.54) is 0 Å². The van der Waals surface area contributed by atoms with Crippen LogP contribution in [0, 0.1) is 6.92 Å². The molecule has 0 saturated heterocycles. The Morgan fingerprint density at radius 3 is 3.04 bits per heavy atom. The van der Waals surface area contributed by atoms with Gasteiger partial charge >= 0.3 is 0 Å². The number of aryl methyl sites for hydroxylation is 1. The number of carbonyl (C=O) groups is 1. The SMILES string of the molecule is Cc1c(C(=O)N2Cc3[nH]cnc3C(c3cccc(O)c3)C2)cnc2ccnn12. The van der Waals surface area contributed by atoms with Crippen LogP contribution in [-0.2, 0) is 6.54 Å². The van der Waals surface area contributed by atoms with E-state index in [4.69, 9.17) is 0 Å². The first-order valence-electron chi connectivity index (χ1n) is 9.01. The molecule has 2 N–H and O–H groups in total. The second-order valence-electron chi connectivity index (χ2n) is 6.96. The highest BCUT2D eigenvalue weighted by Gasteiger charge is 2.32. The Balaban J connectivity index is 1.54. The van der Waals surface area contributed by atoms with E-state index in [-0.39, 0.29) is 17.6 Å². The molecule has 28 heavy (non-hydrogen) atoms. The third-order valence-corrected chi connectivity index (χ3v) is 5.28. The Morgan fingerprint density at radius 2 is 2.18 bits per heavy atom. The lowest BCUT2D eigenvalue weighted by Gasteiger charge is -2.32. The van der Waals surface area contributed by atoms with Crippen molar-refractivity contribution in [1.29, 1.82) is 0 Å². The predicted octanol–water partition coefficient (Wildman–Crippen LogP) is 2.25. The maximum Gasteiger partial charge on any atom is 0.257 e. The number of H-pyrrole nitrogens is 1. The minimum atomic E-state index is -0.118. The Bertz CT molecular complexity index is 1190. The van der Waals surface area contributed by atoms with Gasteiger partial charge < -0.3 is 15.0 Å². The summed E-state index contributed by atoms with van der Waals surface area (Å²) in [6.07, 6.45) is 4.93. The quantitative estimate of drug-likeness (QED) is 0.561. The van der Waals surface area contributed by atoms with E-state index in [1.54, 1.807) is 52.4 Å². The summed E-state index contributed by atoms with van der Waals surface area (Å²) < 4.78 is 1.67. The van der Waals surface area contributed by atoms with Gasteiger partial charge in [-0.05, 0) is 24.6 Å². The lowest BCUT2D eigenvalue weighted by molar-refractivity contribution is 0.0720.